The van der Waals surface area contributed by atoms with E-state index in [4.69, 9.17) is 0 Å². The van der Waals surface area contributed by atoms with Gasteiger partial charge >= 0.3 is 7.44 Å². The molecule has 0 fully saturated rings. The lowest BCUT2D eigenvalue weighted by molar-refractivity contribution is 0.582. The molecule has 56 heavy (non-hydrogen) atoms. The Hall–Kier alpha value is -6.61. The molecule has 0 saturated heterocycles. The number of anilines is 4. The van der Waals surface area contributed by atoms with Gasteiger partial charge in [0.05, 0.1) is 27.7 Å². The van der Waals surface area contributed by atoms with Crippen molar-refractivity contribution in [2.75, 3.05) is 9.34 Å². The van der Waals surface area contributed by atoms with Crippen LogP contribution in [0.15, 0.2) is 194 Å². The van der Waals surface area contributed by atoms with E-state index in [-0.39, 0.29) is 5.41 Å². The van der Waals surface area contributed by atoms with E-state index >= 15 is 4.57 Å². The fourth-order valence-electron chi connectivity index (χ4n) is 9.35. The highest BCUT2D eigenvalue weighted by atomic mass is 31.2. The van der Waals surface area contributed by atoms with Gasteiger partial charge in [0.2, 0.25) is 0 Å². The lowest BCUT2D eigenvalue weighted by Crippen LogP contribution is -2.26. The van der Waals surface area contributed by atoms with Gasteiger partial charge < -0.3 is 4.57 Å². The highest BCUT2D eigenvalue weighted by Crippen LogP contribution is 2.70. The molecule has 9 aromatic rings. The smallest absolute Gasteiger partial charge is 0.301 e. The highest BCUT2D eigenvalue weighted by Gasteiger charge is 2.49. The molecule has 1 aliphatic heterocycles. The van der Waals surface area contributed by atoms with Gasteiger partial charge in [-0.05, 0) is 94.5 Å². The van der Waals surface area contributed by atoms with Crippen molar-refractivity contribution in [1.82, 2.24) is 4.57 Å². The summed E-state index contributed by atoms with van der Waals surface area (Å²) in [7, 11) is -3.47. The van der Waals surface area contributed by atoms with Crippen LogP contribution in [0.1, 0.15) is 25.0 Å². The van der Waals surface area contributed by atoms with Crippen LogP contribution in [-0.2, 0) is 9.98 Å². The van der Waals surface area contributed by atoms with Crippen molar-refractivity contribution in [1.29, 1.82) is 0 Å². The molecule has 1 atom stereocenters. The Morgan fingerprint density at radius 3 is 1.82 bits per heavy atom. The van der Waals surface area contributed by atoms with Crippen molar-refractivity contribution in [2.45, 2.75) is 19.3 Å². The van der Waals surface area contributed by atoms with Gasteiger partial charge in [0.1, 0.15) is 0 Å². The predicted octanol–water partition coefficient (Wildman–Crippen LogP) is 13.6. The summed E-state index contributed by atoms with van der Waals surface area (Å²) in [6, 6.07) is 68.0. The Morgan fingerprint density at radius 1 is 0.464 bits per heavy atom. The summed E-state index contributed by atoms with van der Waals surface area (Å²) in [5.41, 5.74) is 14.5. The number of hydrogen-bond acceptors (Lipinski definition) is 1. The van der Waals surface area contributed by atoms with E-state index in [1.165, 1.54) is 44.1 Å². The summed E-state index contributed by atoms with van der Waals surface area (Å²) in [5.74, 6) is 0. The van der Waals surface area contributed by atoms with E-state index in [0.29, 0.717) is 0 Å². The quantitative estimate of drug-likeness (QED) is 0.165. The van der Waals surface area contributed by atoms with Crippen LogP contribution < -0.4 is 14.6 Å². The van der Waals surface area contributed by atoms with E-state index in [1.54, 1.807) is 0 Å². The monoisotopic (exact) mass is 739 g/mol. The lowest BCUT2D eigenvalue weighted by atomic mass is 9.82. The number of aromatic nitrogens is 1. The largest absolute Gasteiger partial charge is 0.309 e. The van der Waals surface area contributed by atoms with Crippen LogP contribution in [0.3, 0.4) is 0 Å². The van der Waals surface area contributed by atoms with Gasteiger partial charge in [-0.2, -0.15) is 0 Å². The first-order chi connectivity index (χ1) is 27.4. The molecule has 11 rings (SSSR count). The number of nitrogens with zero attached hydrogens (tertiary/aromatic N) is 3. The third kappa shape index (κ3) is 4.57. The fourth-order valence-corrected chi connectivity index (χ4v) is 12.4. The summed E-state index contributed by atoms with van der Waals surface area (Å²) in [6.07, 6.45) is 0. The average Bonchev–Trinajstić information content (AvgIpc) is 3.82. The topological polar surface area (TPSA) is 28.5 Å². The first-order valence-electron chi connectivity index (χ1n) is 19.2. The Balaban J connectivity index is 1.13. The van der Waals surface area contributed by atoms with Crippen LogP contribution >= 0.6 is 7.44 Å². The number of benzene rings is 8. The Bertz CT molecular complexity index is 3040. The average molecular weight is 740 g/mol. The van der Waals surface area contributed by atoms with Crippen LogP contribution in [0.5, 0.6) is 0 Å². The molecule has 1 aromatic heterocycles. The molecule has 0 N–H and O–H groups in total. The van der Waals surface area contributed by atoms with E-state index in [1.807, 2.05) is 78.9 Å². The summed E-state index contributed by atoms with van der Waals surface area (Å²) in [6.45, 7) is 4.69. The zero-order valence-electron chi connectivity index (χ0n) is 31.2. The van der Waals surface area contributed by atoms with Crippen LogP contribution in [0.25, 0.3) is 49.7 Å². The van der Waals surface area contributed by atoms with Gasteiger partial charge in [-0.15, -0.1) is 0 Å². The van der Waals surface area contributed by atoms with Crippen molar-refractivity contribution in [3.05, 3.63) is 205 Å². The Labute approximate surface area is 327 Å². The Morgan fingerprint density at radius 2 is 1.07 bits per heavy atom. The minimum Gasteiger partial charge on any atom is -0.309 e. The molecule has 0 amide bonds. The number of fused-ring (bicyclic) bond motifs is 8. The normalized spacial score (nSPS) is 16.6. The maximum Gasteiger partial charge on any atom is 0.301 e. The number of rotatable bonds is 5. The second-order valence-electron chi connectivity index (χ2n) is 15.3. The van der Waals surface area contributed by atoms with Gasteiger partial charge in [-0.25, -0.2) is 0 Å². The summed E-state index contributed by atoms with van der Waals surface area (Å²) >= 11 is 0. The molecule has 2 aliphatic rings. The van der Waals surface area contributed by atoms with Crippen molar-refractivity contribution in [2.24, 2.45) is 0 Å². The number of hydrogen-bond donors (Lipinski definition) is 0. The van der Waals surface area contributed by atoms with Gasteiger partial charge in [-0.3, -0.25) is 13.9 Å². The molecule has 1 unspecified atom stereocenters. The molecule has 0 spiro atoms. The SMILES string of the molecule is CC1(C)c2ccccc2-c2c1ccc1c3ccccc3n(-c3cccc(-c4ccc5c(c4)N(c4ccccc4)P(=O)(c4ccccc4)N5c4ccccc4)c3)c21. The van der Waals surface area contributed by atoms with Gasteiger partial charge in [0, 0.05) is 38.8 Å². The standard InChI is InChI=1S/C51H38N3OP/c1-51(2)44-27-14-12-26-43(44)49-45(51)31-30-42-41-25-13-15-28-46(41)52(50(42)49)39-22-16-17-35(33-39)36-29-32-47-48(34-36)54(38-20-8-4-9-21-38)56(55,40-23-10-5-11-24-40)53(47)37-18-6-3-7-19-37/h3-34H,1-2H3. The maximum absolute atomic E-state index is 16.1. The van der Waals surface area contributed by atoms with Crippen LogP contribution in [0.4, 0.5) is 22.7 Å². The van der Waals surface area contributed by atoms with Crippen molar-refractivity contribution < 1.29 is 4.57 Å². The highest BCUT2D eigenvalue weighted by molar-refractivity contribution is 7.76. The fraction of sp³-hybridized carbons (Fsp3) is 0.0588. The first-order valence-corrected chi connectivity index (χ1v) is 20.8. The molecule has 0 saturated carbocycles. The van der Waals surface area contributed by atoms with Crippen molar-refractivity contribution >= 4 is 57.3 Å². The zero-order valence-corrected chi connectivity index (χ0v) is 32.1. The third-order valence-electron chi connectivity index (χ3n) is 11.9. The molecule has 0 radical (unpaired) electrons. The maximum atomic E-state index is 16.1. The predicted molar refractivity (Wildman–Crippen MR) is 235 cm³/mol. The Kier molecular flexibility index (Phi) is 7.14. The van der Waals surface area contributed by atoms with Crippen molar-refractivity contribution in [3.63, 3.8) is 0 Å². The zero-order chi connectivity index (χ0) is 37.6. The lowest BCUT2D eigenvalue weighted by Gasteiger charge is -2.33. The summed E-state index contributed by atoms with van der Waals surface area (Å²) < 4.78 is 22.7. The minimum absolute atomic E-state index is 0.106. The van der Waals surface area contributed by atoms with E-state index in [0.717, 1.165) is 44.9 Å². The van der Waals surface area contributed by atoms with E-state index in [2.05, 4.69) is 143 Å². The molecular weight excluding hydrogens is 702 g/mol. The molecule has 5 heteroatoms. The van der Waals surface area contributed by atoms with Crippen LogP contribution in [0.2, 0.25) is 0 Å². The van der Waals surface area contributed by atoms with Crippen LogP contribution in [0, 0.1) is 0 Å². The van der Waals surface area contributed by atoms with Gasteiger partial charge in [0.15, 0.2) is 0 Å². The first kappa shape index (κ1) is 32.8. The second-order valence-corrected chi connectivity index (χ2v) is 17.7. The van der Waals surface area contributed by atoms with E-state index < -0.39 is 7.44 Å². The summed E-state index contributed by atoms with van der Waals surface area (Å²) in [5, 5.41) is 3.27. The summed E-state index contributed by atoms with van der Waals surface area (Å²) in [4.78, 5) is 0. The second kappa shape index (κ2) is 12.2. The minimum atomic E-state index is -3.47. The van der Waals surface area contributed by atoms with Crippen LogP contribution in [-0.4, -0.2) is 4.57 Å². The molecule has 0 bridgehead atoms. The molecule has 4 nitrogen and oxygen atoms in total. The number of para-hydroxylation sites is 3. The molecular formula is C51H38N3OP. The molecule has 8 aromatic carbocycles. The molecule has 1 aliphatic carbocycles. The van der Waals surface area contributed by atoms with Crippen molar-refractivity contribution in [3.8, 4) is 27.9 Å². The van der Waals surface area contributed by atoms with Gasteiger partial charge in [-0.1, -0.05) is 141 Å². The third-order valence-corrected chi connectivity index (χ3v) is 14.8. The molecule has 268 valence electrons. The van der Waals surface area contributed by atoms with E-state index in [9.17, 15) is 0 Å². The van der Waals surface area contributed by atoms with Gasteiger partial charge in [0.25, 0.3) is 0 Å². The molecule has 2 heterocycles.